The third-order valence-electron chi connectivity index (χ3n) is 4.21. The van der Waals surface area contributed by atoms with Crippen LogP contribution in [0.1, 0.15) is 20.8 Å². The molecule has 0 fully saturated rings. The Bertz CT molecular complexity index is 1160. The summed E-state index contributed by atoms with van der Waals surface area (Å²) in [6.07, 6.45) is 0. The fourth-order valence-electron chi connectivity index (χ4n) is 2.80. The molecule has 0 spiro atoms. The Balaban J connectivity index is 1.55. The molecule has 2 aromatic carbocycles. The highest BCUT2D eigenvalue weighted by atomic mass is 79.9. The van der Waals surface area contributed by atoms with Crippen molar-refractivity contribution in [3.8, 4) is 0 Å². The van der Waals surface area contributed by atoms with E-state index in [9.17, 15) is 4.79 Å². The van der Waals surface area contributed by atoms with Gasteiger partial charge in [-0.2, -0.15) is 9.67 Å². The second-order valence-corrected chi connectivity index (χ2v) is 9.20. The molecule has 4 aromatic rings. The van der Waals surface area contributed by atoms with Crippen LogP contribution in [0.15, 0.2) is 75.0 Å². The van der Waals surface area contributed by atoms with E-state index in [0.717, 1.165) is 20.1 Å². The lowest BCUT2D eigenvalue weighted by Gasteiger charge is -2.06. The molecule has 0 aliphatic rings. The van der Waals surface area contributed by atoms with Crippen molar-refractivity contribution in [2.75, 3.05) is 10.6 Å². The van der Waals surface area contributed by atoms with E-state index in [1.807, 2.05) is 60.0 Å². The number of benzene rings is 2. The molecule has 4 rings (SSSR count). The highest BCUT2D eigenvalue weighted by Crippen LogP contribution is 2.19. The predicted octanol–water partition coefficient (Wildman–Crippen LogP) is 5.78. The molecule has 0 amide bonds. The minimum atomic E-state index is -0.218. The summed E-state index contributed by atoms with van der Waals surface area (Å²) < 4.78 is 3.31. The monoisotopic (exact) mass is 545 g/mol. The van der Waals surface area contributed by atoms with E-state index in [1.54, 1.807) is 6.07 Å². The summed E-state index contributed by atoms with van der Waals surface area (Å²) in [5.41, 5.74) is 2.14. The largest absolute Gasteiger partial charge is 0.350 e. The number of hydrogen-bond acceptors (Lipinski definition) is 6. The smallest absolute Gasteiger partial charge is 0.291 e. The van der Waals surface area contributed by atoms with Crippen molar-refractivity contribution in [2.45, 2.75) is 13.1 Å². The first-order valence-corrected chi connectivity index (χ1v) is 11.6. The van der Waals surface area contributed by atoms with Gasteiger partial charge in [-0.05, 0) is 46.8 Å². The lowest BCUT2D eigenvalue weighted by atomic mass is 10.2. The zero-order chi connectivity index (χ0) is 20.9. The Morgan fingerprint density at radius 3 is 2.20 bits per heavy atom. The van der Waals surface area contributed by atoms with Gasteiger partial charge in [-0.3, -0.25) is 4.79 Å². The van der Waals surface area contributed by atoms with E-state index in [-0.39, 0.29) is 5.91 Å². The van der Waals surface area contributed by atoms with Gasteiger partial charge >= 0.3 is 0 Å². The van der Waals surface area contributed by atoms with Gasteiger partial charge in [0.25, 0.3) is 5.91 Å². The Morgan fingerprint density at radius 2 is 1.60 bits per heavy atom. The summed E-state index contributed by atoms with van der Waals surface area (Å²) in [5.74, 6) is 0.562. The van der Waals surface area contributed by atoms with Crippen LogP contribution in [0.4, 0.5) is 11.9 Å². The zero-order valence-corrected chi connectivity index (χ0v) is 19.7. The van der Waals surface area contributed by atoms with E-state index in [1.165, 1.54) is 16.0 Å². The first-order valence-electron chi connectivity index (χ1n) is 9.10. The molecule has 0 atom stereocenters. The number of carbonyl (C=O) groups excluding carboxylic acids is 1. The van der Waals surface area contributed by atoms with Crippen LogP contribution in [-0.2, 0) is 13.1 Å². The lowest BCUT2D eigenvalue weighted by molar-refractivity contribution is 0.0951. The minimum absolute atomic E-state index is 0.218. The molecule has 2 N–H and O–H groups in total. The molecule has 30 heavy (non-hydrogen) atoms. The molecule has 0 aliphatic carbocycles. The number of thiophene rings is 1. The quantitative estimate of drug-likeness (QED) is 0.307. The van der Waals surface area contributed by atoms with Crippen molar-refractivity contribution in [3.63, 3.8) is 0 Å². The van der Waals surface area contributed by atoms with Crippen LogP contribution >= 0.6 is 43.2 Å². The molecule has 0 saturated heterocycles. The first kappa shape index (κ1) is 20.8. The average molecular weight is 547 g/mol. The Labute approximate surface area is 194 Å². The topological polar surface area (TPSA) is 71.8 Å². The standard InChI is InChI=1S/C21H17Br2N5OS/c22-16-6-1-4-14(10-16)12-24-20-26-21(25-13-15-5-2-7-17(23)11-15)28(27-20)19(29)18-8-3-9-30-18/h1-11H,12-13H2,(H2,24,25,26,27). The third-order valence-corrected chi connectivity index (χ3v) is 6.06. The van der Waals surface area contributed by atoms with Gasteiger partial charge in [0, 0.05) is 22.0 Å². The number of carbonyl (C=O) groups is 1. The van der Waals surface area contributed by atoms with Crippen LogP contribution in [0.25, 0.3) is 0 Å². The van der Waals surface area contributed by atoms with Crippen LogP contribution in [0.2, 0.25) is 0 Å². The molecule has 2 aromatic heterocycles. The number of nitrogens with one attached hydrogen (secondary N) is 2. The van der Waals surface area contributed by atoms with Gasteiger partial charge in [0.15, 0.2) is 0 Å². The summed E-state index contributed by atoms with van der Waals surface area (Å²) in [6, 6.07) is 19.6. The molecule has 0 aliphatic heterocycles. The number of anilines is 2. The third kappa shape index (κ3) is 5.16. The predicted molar refractivity (Wildman–Crippen MR) is 127 cm³/mol. The van der Waals surface area contributed by atoms with E-state index in [2.05, 4.69) is 52.6 Å². The van der Waals surface area contributed by atoms with Crippen molar-refractivity contribution >= 4 is 61.0 Å². The van der Waals surface area contributed by atoms with Crippen LogP contribution in [0, 0.1) is 0 Å². The van der Waals surface area contributed by atoms with E-state index >= 15 is 0 Å². The Hall–Kier alpha value is -2.49. The second-order valence-electron chi connectivity index (χ2n) is 6.42. The summed E-state index contributed by atoms with van der Waals surface area (Å²) in [6.45, 7) is 1.06. The maximum absolute atomic E-state index is 12.9. The van der Waals surface area contributed by atoms with Crippen molar-refractivity contribution in [2.24, 2.45) is 0 Å². The van der Waals surface area contributed by atoms with Gasteiger partial charge in [0.05, 0.1) is 4.88 Å². The van der Waals surface area contributed by atoms with Gasteiger partial charge in [0.2, 0.25) is 11.9 Å². The number of rotatable bonds is 7. The summed E-state index contributed by atoms with van der Waals surface area (Å²) in [5, 5.41) is 12.7. The molecule has 9 heteroatoms. The Morgan fingerprint density at radius 1 is 0.933 bits per heavy atom. The molecule has 6 nitrogen and oxygen atoms in total. The fraction of sp³-hybridized carbons (Fsp3) is 0.0952. The average Bonchev–Trinajstić information content (AvgIpc) is 3.41. The lowest BCUT2D eigenvalue weighted by Crippen LogP contribution is -2.16. The highest BCUT2D eigenvalue weighted by Gasteiger charge is 2.18. The number of nitrogens with zero attached hydrogens (tertiary/aromatic N) is 3. The SMILES string of the molecule is O=C(c1cccs1)n1nc(NCc2cccc(Br)c2)nc1NCc1cccc(Br)c1. The maximum Gasteiger partial charge on any atom is 0.291 e. The van der Waals surface area contributed by atoms with Gasteiger partial charge in [-0.15, -0.1) is 16.4 Å². The Kier molecular flexibility index (Phi) is 6.61. The van der Waals surface area contributed by atoms with Crippen molar-refractivity contribution in [1.29, 1.82) is 0 Å². The summed E-state index contributed by atoms with van der Waals surface area (Å²) in [4.78, 5) is 18.0. The van der Waals surface area contributed by atoms with Crippen LogP contribution in [0.5, 0.6) is 0 Å². The van der Waals surface area contributed by atoms with E-state index in [0.29, 0.717) is 29.9 Å². The van der Waals surface area contributed by atoms with Crippen molar-refractivity contribution in [3.05, 3.63) is 91.0 Å². The van der Waals surface area contributed by atoms with Crippen LogP contribution in [0.3, 0.4) is 0 Å². The van der Waals surface area contributed by atoms with Gasteiger partial charge in [-0.25, -0.2) is 0 Å². The molecule has 0 unspecified atom stereocenters. The summed E-state index contributed by atoms with van der Waals surface area (Å²) >= 11 is 8.32. The number of aromatic nitrogens is 3. The van der Waals surface area contributed by atoms with Crippen LogP contribution < -0.4 is 10.6 Å². The highest BCUT2D eigenvalue weighted by molar-refractivity contribution is 9.10. The molecule has 0 bridgehead atoms. The van der Waals surface area contributed by atoms with E-state index in [4.69, 9.17) is 0 Å². The minimum Gasteiger partial charge on any atom is -0.350 e. The normalized spacial score (nSPS) is 10.7. The number of hydrogen-bond donors (Lipinski definition) is 2. The van der Waals surface area contributed by atoms with E-state index < -0.39 is 0 Å². The zero-order valence-electron chi connectivity index (χ0n) is 15.7. The first-order chi connectivity index (χ1) is 14.6. The second kappa shape index (κ2) is 9.55. The van der Waals surface area contributed by atoms with Gasteiger partial charge < -0.3 is 10.6 Å². The molecular formula is C21H17Br2N5OS. The summed E-state index contributed by atoms with van der Waals surface area (Å²) in [7, 11) is 0. The van der Waals surface area contributed by atoms with Crippen molar-refractivity contribution < 1.29 is 4.79 Å². The molecular weight excluding hydrogens is 530 g/mol. The number of halogens is 2. The van der Waals surface area contributed by atoms with Crippen molar-refractivity contribution in [1.82, 2.24) is 14.8 Å². The van der Waals surface area contributed by atoms with Gasteiger partial charge in [0.1, 0.15) is 0 Å². The van der Waals surface area contributed by atoms with Crippen LogP contribution in [-0.4, -0.2) is 20.7 Å². The fourth-order valence-corrected chi connectivity index (χ4v) is 4.35. The molecule has 0 saturated carbocycles. The maximum atomic E-state index is 12.9. The van der Waals surface area contributed by atoms with Gasteiger partial charge in [-0.1, -0.05) is 62.2 Å². The molecule has 152 valence electrons. The molecule has 2 heterocycles. The molecule has 0 radical (unpaired) electrons.